The van der Waals surface area contributed by atoms with Crippen molar-refractivity contribution in [2.75, 3.05) is 11.1 Å². The van der Waals surface area contributed by atoms with Crippen molar-refractivity contribution < 1.29 is 4.79 Å². The molecule has 20 heavy (non-hydrogen) atoms. The highest BCUT2D eigenvalue weighted by Crippen LogP contribution is 2.20. The molecule has 2 aromatic heterocycles. The molecule has 1 amide bonds. The Labute approximate surface area is 128 Å². The molecule has 0 aromatic carbocycles. The summed E-state index contributed by atoms with van der Waals surface area (Å²) in [6.45, 7) is 5.41. The summed E-state index contributed by atoms with van der Waals surface area (Å²) in [5.74, 6) is 0.215. The third-order valence-electron chi connectivity index (χ3n) is 2.01. The predicted molar refractivity (Wildman–Crippen MR) is 80.6 cm³/mol. The highest BCUT2D eigenvalue weighted by molar-refractivity contribution is 7.99. The second-order valence-electron chi connectivity index (χ2n) is 3.53. The molecule has 0 aliphatic heterocycles. The molecule has 0 spiro atoms. The molecule has 0 fully saturated rings. The van der Waals surface area contributed by atoms with Crippen LogP contribution in [0.4, 0.5) is 5.13 Å². The number of aryl methyl sites for hydroxylation is 1. The molecule has 0 saturated carbocycles. The number of rotatable bonds is 5. The minimum atomic E-state index is -0.436. The van der Waals surface area contributed by atoms with Gasteiger partial charge in [0, 0.05) is 5.75 Å². The second kappa shape index (κ2) is 6.78. The van der Waals surface area contributed by atoms with E-state index < -0.39 is 5.91 Å². The Bertz CT molecular complexity index is 645. The Morgan fingerprint density at radius 1 is 1.60 bits per heavy atom. The number of anilines is 1. The molecule has 2 aromatic rings. The van der Waals surface area contributed by atoms with Crippen LogP contribution in [0.2, 0.25) is 5.02 Å². The molecule has 0 aliphatic rings. The Morgan fingerprint density at radius 2 is 2.40 bits per heavy atom. The average Bonchev–Trinajstić information content (AvgIpc) is 2.83. The summed E-state index contributed by atoms with van der Waals surface area (Å²) in [5.41, 5.74) is 0.112. The van der Waals surface area contributed by atoms with Gasteiger partial charge in [-0.05, 0) is 6.92 Å². The lowest BCUT2D eigenvalue weighted by Gasteiger charge is -2.04. The number of thioether (sulfide) groups is 1. The van der Waals surface area contributed by atoms with Gasteiger partial charge in [-0.25, -0.2) is 9.97 Å². The van der Waals surface area contributed by atoms with Gasteiger partial charge in [-0.3, -0.25) is 10.1 Å². The van der Waals surface area contributed by atoms with Gasteiger partial charge in [-0.2, -0.15) is 0 Å². The second-order valence-corrected chi connectivity index (χ2v) is 6.11. The Kier molecular flexibility index (Phi) is 5.05. The fourth-order valence-electron chi connectivity index (χ4n) is 1.22. The van der Waals surface area contributed by atoms with Crippen molar-refractivity contribution in [3.63, 3.8) is 0 Å². The minimum Gasteiger partial charge on any atom is -0.295 e. The molecule has 9 heteroatoms. The molecule has 0 radical (unpaired) electrons. The summed E-state index contributed by atoms with van der Waals surface area (Å²) in [4.78, 5) is 20.3. The monoisotopic (exact) mass is 327 g/mol. The summed E-state index contributed by atoms with van der Waals surface area (Å²) in [7, 11) is 0. The number of hydrogen-bond acceptors (Lipinski definition) is 7. The fraction of sp³-hybridized carbons (Fsp3) is 0.182. The van der Waals surface area contributed by atoms with Crippen molar-refractivity contribution in [2.45, 2.75) is 12.1 Å². The smallest absolute Gasteiger partial charge is 0.277 e. The number of nitrogens with one attached hydrogen (secondary N) is 1. The lowest BCUT2D eigenvalue weighted by atomic mass is 10.4. The Morgan fingerprint density at radius 3 is 3.05 bits per heavy atom. The zero-order valence-corrected chi connectivity index (χ0v) is 12.8. The van der Waals surface area contributed by atoms with E-state index in [1.54, 1.807) is 13.0 Å². The zero-order chi connectivity index (χ0) is 14.5. The van der Waals surface area contributed by atoms with Crippen molar-refractivity contribution in [3.8, 4) is 0 Å². The highest BCUT2D eigenvalue weighted by atomic mass is 35.5. The van der Waals surface area contributed by atoms with Gasteiger partial charge in [0.05, 0.1) is 11.2 Å². The van der Waals surface area contributed by atoms with Gasteiger partial charge in [-0.1, -0.05) is 40.8 Å². The van der Waals surface area contributed by atoms with Crippen molar-refractivity contribution >= 4 is 45.7 Å². The van der Waals surface area contributed by atoms with Crippen LogP contribution in [0.1, 0.15) is 15.5 Å². The maximum atomic E-state index is 12.1. The lowest BCUT2D eigenvalue weighted by Crippen LogP contribution is -2.15. The third-order valence-corrected chi connectivity index (χ3v) is 3.90. The van der Waals surface area contributed by atoms with Crippen LogP contribution in [-0.4, -0.2) is 31.8 Å². The van der Waals surface area contributed by atoms with Crippen LogP contribution in [0, 0.1) is 6.92 Å². The van der Waals surface area contributed by atoms with Gasteiger partial charge < -0.3 is 0 Å². The normalized spacial score (nSPS) is 10.3. The molecular formula is C11H10ClN5OS2. The van der Waals surface area contributed by atoms with Gasteiger partial charge >= 0.3 is 0 Å². The van der Waals surface area contributed by atoms with E-state index in [1.165, 1.54) is 29.3 Å². The lowest BCUT2D eigenvalue weighted by molar-refractivity contribution is 0.102. The summed E-state index contributed by atoms with van der Waals surface area (Å²) in [6, 6.07) is 0. The molecule has 0 aliphatic carbocycles. The van der Waals surface area contributed by atoms with Crippen molar-refractivity contribution in [2.24, 2.45) is 0 Å². The van der Waals surface area contributed by atoms with E-state index in [4.69, 9.17) is 11.6 Å². The van der Waals surface area contributed by atoms with E-state index in [2.05, 4.69) is 32.1 Å². The largest absolute Gasteiger partial charge is 0.295 e. The van der Waals surface area contributed by atoms with Gasteiger partial charge in [0.25, 0.3) is 5.91 Å². The molecule has 0 atom stereocenters. The van der Waals surface area contributed by atoms with Crippen LogP contribution >= 0.6 is 34.7 Å². The Balaban J connectivity index is 2.17. The van der Waals surface area contributed by atoms with Crippen LogP contribution in [0.15, 0.2) is 24.0 Å². The summed E-state index contributed by atoms with van der Waals surface area (Å²) >= 11 is 8.59. The van der Waals surface area contributed by atoms with Crippen LogP contribution in [0.3, 0.4) is 0 Å². The summed E-state index contributed by atoms with van der Waals surface area (Å²) < 4.78 is 0. The van der Waals surface area contributed by atoms with Crippen molar-refractivity contribution in [1.29, 1.82) is 0 Å². The van der Waals surface area contributed by atoms with Crippen molar-refractivity contribution in [3.05, 3.63) is 34.6 Å². The topological polar surface area (TPSA) is 80.7 Å². The molecule has 0 unspecified atom stereocenters. The number of nitrogens with zero attached hydrogens (tertiary/aromatic N) is 4. The van der Waals surface area contributed by atoms with Crippen LogP contribution in [-0.2, 0) is 0 Å². The summed E-state index contributed by atoms with van der Waals surface area (Å²) in [6.07, 6.45) is 3.13. The number of hydrogen-bond donors (Lipinski definition) is 1. The van der Waals surface area contributed by atoms with Crippen LogP contribution in [0.5, 0.6) is 0 Å². The third kappa shape index (κ3) is 3.75. The standard InChI is InChI=1S/C11H10ClN5OS2/c1-3-4-19-10-13-5-7(12)8(14-10)9(18)15-11-17-16-6(2)20-11/h3,5H,1,4H2,2H3,(H,15,17,18). The van der Waals surface area contributed by atoms with Gasteiger partial charge in [-0.15, -0.1) is 16.8 Å². The predicted octanol–water partition coefficient (Wildman–Crippen LogP) is 2.82. The minimum absolute atomic E-state index is 0.112. The molecule has 104 valence electrons. The van der Waals surface area contributed by atoms with Crippen molar-refractivity contribution in [1.82, 2.24) is 20.2 Å². The van der Waals surface area contributed by atoms with Crippen LogP contribution < -0.4 is 5.32 Å². The molecule has 1 N–H and O–H groups in total. The first kappa shape index (κ1) is 14.9. The first-order valence-corrected chi connectivity index (χ1v) is 7.66. The highest BCUT2D eigenvalue weighted by Gasteiger charge is 2.16. The van der Waals surface area contributed by atoms with E-state index in [-0.39, 0.29) is 10.7 Å². The number of halogens is 1. The van der Waals surface area contributed by atoms with Gasteiger partial charge in [0.15, 0.2) is 10.9 Å². The first-order chi connectivity index (χ1) is 9.60. The average molecular weight is 328 g/mol. The molecule has 2 rings (SSSR count). The van der Waals surface area contributed by atoms with Crippen LogP contribution in [0.25, 0.3) is 0 Å². The molecule has 0 saturated heterocycles. The molecule has 2 heterocycles. The maximum Gasteiger partial charge on any atom is 0.277 e. The zero-order valence-electron chi connectivity index (χ0n) is 10.5. The van der Waals surface area contributed by atoms with E-state index in [0.717, 1.165) is 5.01 Å². The van der Waals surface area contributed by atoms with E-state index in [0.29, 0.717) is 16.0 Å². The quantitative estimate of drug-likeness (QED) is 0.516. The first-order valence-electron chi connectivity index (χ1n) is 5.48. The number of carbonyl (C=O) groups excluding carboxylic acids is 1. The molecule has 0 bridgehead atoms. The maximum absolute atomic E-state index is 12.1. The summed E-state index contributed by atoms with van der Waals surface area (Å²) in [5, 5.41) is 12.1. The fourth-order valence-corrected chi connectivity index (χ4v) is 2.53. The van der Waals surface area contributed by atoms with E-state index in [1.807, 2.05) is 0 Å². The van der Waals surface area contributed by atoms with E-state index in [9.17, 15) is 4.79 Å². The van der Waals surface area contributed by atoms with E-state index >= 15 is 0 Å². The number of aromatic nitrogens is 4. The number of carbonyl (C=O) groups is 1. The van der Waals surface area contributed by atoms with Gasteiger partial charge in [0.2, 0.25) is 5.13 Å². The molecular weight excluding hydrogens is 318 g/mol. The number of amides is 1. The Hall–Kier alpha value is -1.51. The molecule has 6 nitrogen and oxygen atoms in total. The van der Waals surface area contributed by atoms with Gasteiger partial charge in [0.1, 0.15) is 5.01 Å². The SMILES string of the molecule is C=CCSc1ncc(Cl)c(C(=O)Nc2nnc(C)s2)n1.